The maximum Gasteiger partial charge on any atom is 0.296 e. The molecule has 0 bridgehead atoms. The summed E-state index contributed by atoms with van der Waals surface area (Å²) in [6.07, 6.45) is 0. The molecule has 7 heteroatoms. The van der Waals surface area contributed by atoms with Crippen LogP contribution < -0.4 is 0 Å². The first-order chi connectivity index (χ1) is 9.95. The maximum atomic E-state index is 11.8. The average molecular weight is 323 g/mol. The van der Waals surface area contributed by atoms with Crippen molar-refractivity contribution in [2.24, 2.45) is 0 Å². The van der Waals surface area contributed by atoms with E-state index >= 15 is 0 Å². The molecule has 110 valence electrons. The predicted molar refractivity (Wildman–Crippen MR) is 82.3 cm³/mol. The molecule has 0 spiro atoms. The van der Waals surface area contributed by atoms with Crippen LogP contribution in [0.5, 0.6) is 0 Å². The molecule has 1 heterocycles. The number of hydrogen-bond acceptors (Lipinski definition) is 4. The average Bonchev–Trinajstić information content (AvgIpc) is 2.80. The van der Waals surface area contributed by atoms with Gasteiger partial charge in [-0.05, 0) is 22.4 Å². The van der Waals surface area contributed by atoms with Gasteiger partial charge in [0.15, 0.2) is 0 Å². The van der Waals surface area contributed by atoms with E-state index in [-0.39, 0.29) is 18.2 Å². The Bertz CT molecular complexity index is 803. The molecule has 0 aliphatic carbocycles. The third-order valence-corrected chi connectivity index (χ3v) is 6.20. The normalized spacial score (nSPS) is 19.4. The fraction of sp³-hybridized carbons (Fsp3) is 0.214. The molecule has 3 rings (SSSR count). The maximum absolute atomic E-state index is 11.8. The van der Waals surface area contributed by atoms with Crippen molar-refractivity contribution in [1.29, 1.82) is 0 Å². The largest absolute Gasteiger partial charge is 0.310 e. The number of fused-ring (bicyclic) bond motifs is 1. The summed E-state index contributed by atoms with van der Waals surface area (Å²) in [5.74, 6) is -0.214. The van der Waals surface area contributed by atoms with E-state index in [1.54, 1.807) is 0 Å². The number of nitrogens with zero attached hydrogens (tertiary/aromatic N) is 1. The van der Waals surface area contributed by atoms with Crippen molar-refractivity contribution in [3.63, 3.8) is 0 Å². The summed E-state index contributed by atoms with van der Waals surface area (Å²) in [5, 5.41) is 2.10. The number of hydrogen-bond donors (Lipinski definition) is 1. The van der Waals surface area contributed by atoms with Gasteiger partial charge in [0.05, 0.1) is 5.75 Å². The standard InChI is InChI=1S/C14H13NO4S2/c16-13-9-20-14(21(17,18)19)15(13)8-10-5-6-11-3-1-2-4-12(11)7-10/h1-7,14H,8-9H2,(H,17,18,19). The number of rotatable bonds is 3. The first kappa shape index (κ1) is 14.4. The Labute approximate surface area is 126 Å². The van der Waals surface area contributed by atoms with Gasteiger partial charge in [-0.15, -0.1) is 11.8 Å². The Kier molecular flexibility index (Phi) is 3.64. The number of thioether (sulfide) groups is 1. The quantitative estimate of drug-likeness (QED) is 0.876. The van der Waals surface area contributed by atoms with Crippen LogP contribution in [0.15, 0.2) is 42.5 Å². The van der Waals surface area contributed by atoms with E-state index in [2.05, 4.69) is 0 Å². The summed E-state index contributed by atoms with van der Waals surface area (Å²) in [5.41, 5.74) is 0.832. The SMILES string of the molecule is O=C1CSC(S(=O)(=O)O)N1Cc1ccc2ccccc2c1. The van der Waals surface area contributed by atoms with Gasteiger partial charge in [-0.2, -0.15) is 8.42 Å². The minimum atomic E-state index is -4.28. The fourth-order valence-corrected chi connectivity index (χ4v) is 4.61. The van der Waals surface area contributed by atoms with Crippen molar-refractivity contribution in [3.05, 3.63) is 48.0 Å². The van der Waals surface area contributed by atoms with E-state index in [1.165, 1.54) is 4.90 Å². The van der Waals surface area contributed by atoms with Crippen LogP contribution in [0, 0.1) is 0 Å². The Balaban J connectivity index is 1.91. The highest BCUT2D eigenvalue weighted by Crippen LogP contribution is 2.30. The Morgan fingerprint density at radius 3 is 2.62 bits per heavy atom. The Morgan fingerprint density at radius 1 is 1.19 bits per heavy atom. The second-order valence-electron chi connectivity index (χ2n) is 4.84. The van der Waals surface area contributed by atoms with Crippen molar-refractivity contribution in [3.8, 4) is 0 Å². The lowest BCUT2D eigenvalue weighted by Crippen LogP contribution is -2.36. The molecule has 1 unspecified atom stereocenters. The molecule has 1 N–H and O–H groups in total. The summed E-state index contributed by atoms with van der Waals surface area (Å²) in [4.78, 5) is 13.0. The van der Waals surface area contributed by atoms with E-state index in [4.69, 9.17) is 0 Å². The van der Waals surface area contributed by atoms with E-state index in [0.29, 0.717) is 0 Å². The van der Waals surface area contributed by atoms with E-state index in [9.17, 15) is 17.8 Å². The third-order valence-electron chi connectivity index (χ3n) is 3.35. The molecule has 1 fully saturated rings. The van der Waals surface area contributed by atoms with Crippen LogP contribution in [-0.4, -0.2) is 34.2 Å². The molecule has 0 saturated carbocycles. The number of carbonyl (C=O) groups excluding carboxylic acids is 1. The molecule has 21 heavy (non-hydrogen) atoms. The summed E-state index contributed by atoms with van der Waals surface area (Å²) >= 11 is 0.927. The summed E-state index contributed by atoms with van der Waals surface area (Å²) in [6.45, 7) is 0.168. The highest BCUT2D eigenvalue weighted by Gasteiger charge is 2.39. The van der Waals surface area contributed by atoms with Gasteiger partial charge in [-0.25, -0.2) is 0 Å². The number of carbonyl (C=O) groups is 1. The molecule has 1 aliphatic heterocycles. The summed E-state index contributed by atoms with van der Waals surface area (Å²) in [7, 11) is -4.28. The monoisotopic (exact) mass is 323 g/mol. The fourth-order valence-electron chi connectivity index (χ4n) is 2.38. The zero-order valence-electron chi connectivity index (χ0n) is 11.0. The van der Waals surface area contributed by atoms with Crippen molar-refractivity contribution in [2.45, 2.75) is 11.3 Å². The van der Waals surface area contributed by atoms with Crippen LogP contribution in [0.2, 0.25) is 0 Å². The van der Waals surface area contributed by atoms with Gasteiger partial charge < -0.3 is 4.90 Å². The zero-order chi connectivity index (χ0) is 15.0. The lowest BCUT2D eigenvalue weighted by Gasteiger charge is -2.21. The van der Waals surface area contributed by atoms with Crippen molar-refractivity contribution < 1.29 is 17.8 Å². The lowest BCUT2D eigenvalue weighted by molar-refractivity contribution is -0.127. The lowest BCUT2D eigenvalue weighted by atomic mass is 10.1. The first-order valence-corrected chi connectivity index (χ1v) is 8.85. The van der Waals surface area contributed by atoms with Crippen LogP contribution in [0.4, 0.5) is 0 Å². The first-order valence-electron chi connectivity index (χ1n) is 6.30. The van der Waals surface area contributed by atoms with Crippen molar-refractivity contribution in [2.75, 3.05) is 5.75 Å². The molecule has 1 amide bonds. The molecular weight excluding hydrogens is 310 g/mol. The van der Waals surface area contributed by atoms with Gasteiger partial charge in [-0.1, -0.05) is 36.4 Å². The third kappa shape index (κ3) is 2.90. The smallest absolute Gasteiger partial charge is 0.296 e. The van der Waals surface area contributed by atoms with Gasteiger partial charge in [0, 0.05) is 6.54 Å². The van der Waals surface area contributed by atoms with Gasteiger partial charge in [0.2, 0.25) is 10.6 Å². The van der Waals surface area contributed by atoms with E-state index in [1.807, 2.05) is 42.5 Å². The van der Waals surface area contributed by atoms with Crippen LogP contribution in [0.3, 0.4) is 0 Å². The molecule has 5 nitrogen and oxygen atoms in total. The Morgan fingerprint density at radius 2 is 1.90 bits per heavy atom. The predicted octanol–water partition coefficient (Wildman–Crippen LogP) is 2.09. The van der Waals surface area contributed by atoms with E-state index < -0.39 is 14.8 Å². The minimum Gasteiger partial charge on any atom is -0.310 e. The minimum absolute atomic E-state index is 0.0675. The molecule has 2 aromatic carbocycles. The topological polar surface area (TPSA) is 74.7 Å². The molecule has 1 saturated heterocycles. The van der Waals surface area contributed by atoms with Crippen LogP contribution in [0.1, 0.15) is 5.56 Å². The zero-order valence-corrected chi connectivity index (χ0v) is 12.6. The molecule has 0 radical (unpaired) electrons. The van der Waals surface area contributed by atoms with Crippen LogP contribution >= 0.6 is 11.8 Å². The number of benzene rings is 2. The van der Waals surface area contributed by atoms with Crippen molar-refractivity contribution in [1.82, 2.24) is 4.90 Å². The van der Waals surface area contributed by atoms with Crippen molar-refractivity contribution >= 4 is 38.6 Å². The number of amides is 1. The molecule has 1 aliphatic rings. The van der Waals surface area contributed by atoms with Gasteiger partial charge in [-0.3, -0.25) is 9.35 Å². The van der Waals surface area contributed by atoms with Crippen LogP contribution in [-0.2, 0) is 21.5 Å². The van der Waals surface area contributed by atoms with Gasteiger partial charge in [0.1, 0.15) is 0 Å². The van der Waals surface area contributed by atoms with Crippen LogP contribution in [0.25, 0.3) is 10.8 Å². The molecule has 2 aromatic rings. The molecule has 0 aromatic heterocycles. The summed E-state index contributed by atoms with van der Waals surface area (Å²) < 4.78 is 30.7. The summed E-state index contributed by atoms with van der Waals surface area (Å²) in [6, 6.07) is 13.5. The second kappa shape index (κ2) is 5.32. The highest BCUT2D eigenvalue weighted by atomic mass is 32.3. The van der Waals surface area contributed by atoms with Gasteiger partial charge in [0.25, 0.3) is 10.1 Å². The van der Waals surface area contributed by atoms with E-state index in [0.717, 1.165) is 28.1 Å². The molecular formula is C14H13NO4S2. The highest BCUT2D eigenvalue weighted by molar-refractivity contribution is 8.12. The Hall–Kier alpha value is -1.57. The molecule has 1 atom stereocenters. The second-order valence-corrected chi connectivity index (χ2v) is 7.68. The van der Waals surface area contributed by atoms with Gasteiger partial charge >= 0.3 is 0 Å².